The molecule has 0 bridgehead atoms. The van der Waals surface area contributed by atoms with Crippen LogP contribution in [0.3, 0.4) is 0 Å². The highest BCUT2D eigenvalue weighted by atomic mass is 16.5. The van der Waals surface area contributed by atoms with Crippen molar-refractivity contribution in [3.63, 3.8) is 0 Å². The zero-order valence-corrected chi connectivity index (χ0v) is 15.5. The summed E-state index contributed by atoms with van der Waals surface area (Å²) in [6.45, 7) is 5.03. The van der Waals surface area contributed by atoms with Crippen molar-refractivity contribution in [2.45, 2.75) is 32.6 Å². The maximum absolute atomic E-state index is 11.9. The third-order valence-electron chi connectivity index (χ3n) is 4.78. The van der Waals surface area contributed by atoms with Gasteiger partial charge in [-0.15, -0.1) is 0 Å². The van der Waals surface area contributed by atoms with Crippen LogP contribution < -0.4 is 15.0 Å². The van der Waals surface area contributed by atoms with Crippen molar-refractivity contribution in [2.24, 2.45) is 0 Å². The van der Waals surface area contributed by atoms with Crippen molar-refractivity contribution in [3.05, 3.63) is 59.7 Å². The van der Waals surface area contributed by atoms with Gasteiger partial charge in [-0.05, 0) is 62.4 Å². The molecule has 0 radical (unpaired) electrons. The number of ether oxygens (including phenoxy) is 1. The highest BCUT2D eigenvalue weighted by Gasteiger charge is 2.10. The molecule has 1 heterocycles. The van der Waals surface area contributed by atoms with Crippen molar-refractivity contribution >= 4 is 11.6 Å². The van der Waals surface area contributed by atoms with Gasteiger partial charge in [0.25, 0.3) is 5.91 Å². The van der Waals surface area contributed by atoms with Crippen LogP contribution in [0.15, 0.2) is 48.5 Å². The average Bonchev–Trinajstić information content (AvgIpc) is 2.69. The van der Waals surface area contributed by atoms with E-state index in [4.69, 9.17) is 4.74 Å². The number of hydrogen-bond donors (Lipinski definition) is 1. The first kappa shape index (κ1) is 18.3. The number of anilines is 1. The number of carbonyl (C=O) groups is 1. The number of benzene rings is 2. The minimum Gasteiger partial charge on any atom is -0.484 e. The molecule has 0 saturated carbocycles. The van der Waals surface area contributed by atoms with Gasteiger partial charge in [0.2, 0.25) is 0 Å². The average molecular weight is 352 g/mol. The summed E-state index contributed by atoms with van der Waals surface area (Å²) in [4.78, 5) is 14.3. The summed E-state index contributed by atoms with van der Waals surface area (Å²) in [5.41, 5.74) is 3.72. The molecule has 1 aliphatic rings. The van der Waals surface area contributed by atoms with Crippen LogP contribution in [-0.4, -0.2) is 32.1 Å². The number of aryl methyl sites for hydroxylation is 1. The molecule has 2 aromatic carbocycles. The molecule has 1 saturated heterocycles. The number of hydrogen-bond acceptors (Lipinski definition) is 3. The van der Waals surface area contributed by atoms with Gasteiger partial charge >= 0.3 is 0 Å². The summed E-state index contributed by atoms with van der Waals surface area (Å²) in [6, 6.07) is 16.4. The lowest BCUT2D eigenvalue weighted by Crippen LogP contribution is -2.30. The van der Waals surface area contributed by atoms with Crippen LogP contribution in [-0.2, 0) is 11.2 Å². The first-order valence-corrected chi connectivity index (χ1v) is 9.51. The predicted octanol–water partition coefficient (Wildman–Crippen LogP) is 3.72. The fourth-order valence-corrected chi connectivity index (χ4v) is 3.21. The zero-order chi connectivity index (χ0) is 18.2. The molecule has 4 heteroatoms. The third kappa shape index (κ3) is 5.51. The van der Waals surface area contributed by atoms with E-state index in [9.17, 15) is 4.79 Å². The van der Waals surface area contributed by atoms with E-state index in [2.05, 4.69) is 34.5 Å². The first-order valence-electron chi connectivity index (χ1n) is 9.51. The highest BCUT2D eigenvalue weighted by molar-refractivity contribution is 5.77. The van der Waals surface area contributed by atoms with Gasteiger partial charge in [0.05, 0.1) is 0 Å². The molecule has 4 nitrogen and oxygen atoms in total. The van der Waals surface area contributed by atoms with E-state index in [1.165, 1.54) is 36.1 Å². The number of nitrogens with zero attached hydrogens (tertiary/aromatic N) is 1. The van der Waals surface area contributed by atoms with Gasteiger partial charge in [0.15, 0.2) is 6.61 Å². The second-order valence-electron chi connectivity index (χ2n) is 6.92. The summed E-state index contributed by atoms with van der Waals surface area (Å²) in [7, 11) is 0. The van der Waals surface area contributed by atoms with Gasteiger partial charge in [-0.2, -0.15) is 0 Å². The Morgan fingerprint density at radius 1 is 1.00 bits per heavy atom. The molecule has 3 rings (SSSR count). The largest absolute Gasteiger partial charge is 0.484 e. The molecule has 0 spiro atoms. The van der Waals surface area contributed by atoms with Crippen LogP contribution in [0, 0.1) is 6.92 Å². The normalized spacial score (nSPS) is 14.1. The fraction of sp³-hybridized carbons (Fsp3) is 0.409. The number of piperidine rings is 1. The maximum Gasteiger partial charge on any atom is 0.257 e. The summed E-state index contributed by atoms with van der Waals surface area (Å²) < 4.78 is 5.49. The predicted molar refractivity (Wildman–Crippen MR) is 106 cm³/mol. The lowest BCUT2D eigenvalue weighted by molar-refractivity contribution is -0.123. The number of carbonyl (C=O) groups excluding carboxylic acids is 1. The molecule has 2 aromatic rings. The lowest BCUT2D eigenvalue weighted by Gasteiger charge is -2.28. The first-order chi connectivity index (χ1) is 12.7. The minimum absolute atomic E-state index is 0.0525. The molecule has 0 atom stereocenters. The Bertz CT molecular complexity index is 689. The van der Waals surface area contributed by atoms with E-state index in [1.54, 1.807) is 0 Å². The maximum atomic E-state index is 11.9. The Labute approximate surface area is 156 Å². The summed E-state index contributed by atoms with van der Waals surface area (Å²) in [5, 5.41) is 2.92. The molecular formula is C22H28N2O2. The smallest absolute Gasteiger partial charge is 0.257 e. The van der Waals surface area contributed by atoms with Gasteiger partial charge in [0, 0.05) is 25.3 Å². The number of nitrogens with one attached hydrogen (secondary N) is 1. The van der Waals surface area contributed by atoms with Crippen LogP contribution in [0.4, 0.5) is 5.69 Å². The van der Waals surface area contributed by atoms with Gasteiger partial charge in [0.1, 0.15) is 5.75 Å². The molecule has 1 aliphatic heterocycles. The van der Waals surface area contributed by atoms with E-state index in [0.717, 1.165) is 25.3 Å². The van der Waals surface area contributed by atoms with E-state index < -0.39 is 0 Å². The van der Waals surface area contributed by atoms with Crippen molar-refractivity contribution in [1.29, 1.82) is 0 Å². The molecule has 1 fully saturated rings. The topological polar surface area (TPSA) is 41.6 Å². The van der Waals surface area contributed by atoms with Gasteiger partial charge in [-0.25, -0.2) is 0 Å². The fourth-order valence-electron chi connectivity index (χ4n) is 3.21. The Hall–Kier alpha value is -2.49. The molecule has 1 N–H and O–H groups in total. The Kier molecular flexibility index (Phi) is 6.53. The molecular weight excluding hydrogens is 324 g/mol. The highest BCUT2D eigenvalue weighted by Crippen LogP contribution is 2.20. The van der Waals surface area contributed by atoms with Crippen LogP contribution in [0.1, 0.15) is 30.4 Å². The Balaban J connectivity index is 1.37. The zero-order valence-electron chi connectivity index (χ0n) is 15.5. The molecule has 0 aliphatic carbocycles. The quantitative estimate of drug-likeness (QED) is 0.826. The molecule has 1 amide bonds. The Morgan fingerprint density at radius 3 is 2.38 bits per heavy atom. The van der Waals surface area contributed by atoms with Crippen molar-refractivity contribution in [2.75, 3.05) is 31.1 Å². The van der Waals surface area contributed by atoms with Crippen LogP contribution in [0.2, 0.25) is 0 Å². The van der Waals surface area contributed by atoms with Crippen LogP contribution in [0.25, 0.3) is 0 Å². The summed E-state index contributed by atoms with van der Waals surface area (Å²) in [5.74, 6) is 0.634. The molecule has 0 unspecified atom stereocenters. The van der Waals surface area contributed by atoms with E-state index in [0.29, 0.717) is 6.54 Å². The lowest BCUT2D eigenvalue weighted by atomic mass is 10.1. The van der Waals surface area contributed by atoms with Crippen molar-refractivity contribution in [3.8, 4) is 5.75 Å². The minimum atomic E-state index is -0.0875. The number of rotatable bonds is 7. The van der Waals surface area contributed by atoms with Gasteiger partial charge in [-0.1, -0.05) is 29.8 Å². The molecule has 138 valence electrons. The second kappa shape index (κ2) is 9.27. The van der Waals surface area contributed by atoms with Gasteiger partial charge in [-0.3, -0.25) is 4.79 Å². The second-order valence-corrected chi connectivity index (χ2v) is 6.92. The molecule has 26 heavy (non-hydrogen) atoms. The van der Waals surface area contributed by atoms with Crippen molar-refractivity contribution in [1.82, 2.24) is 5.32 Å². The monoisotopic (exact) mass is 352 g/mol. The van der Waals surface area contributed by atoms with E-state index in [-0.39, 0.29) is 12.5 Å². The van der Waals surface area contributed by atoms with Crippen LogP contribution in [0.5, 0.6) is 5.75 Å². The van der Waals surface area contributed by atoms with Gasteiger partial charge < -0.3 is 15.0 Å². The van der Waals surface area contributed by atoms with Crippen molar-refractivity contribution < 1.29 is 9.53 Å². The van der Waals surface area contributed by atoms with Crippen LogP contribution >= 0.6 is 0 Å². The standard InChI is InChI=1S/C22H28N2O2/c1-18-5-11-21(12-6-18)26-17-22(25)23-14-13-19-7-9-20(10-8-19)24-15-3-2-4-16-24/h5-12H,2-4,13-17H2,1H3,(H,23,25). The molecule has 0 aromatic heterocycles. The summed E-state index contributed by atoms with van der Waals surface area (Å²) in [6.07, 6.45) is 4.76. The van der Waals surface area contributed by atoms with E-state index in [1.807, 2.05) is 31.2 Å². The number of amides is 1. The SMILES string of the molecule is Cc1ccc(OCC(=O)NCCc2ccc(N3CCCCC3)cc2)cc1. The third-order valence-corrected chi connectivity index (χ3v) is 4.78. The van der Waals surface area contributed by atoms with E-state index >= 15 is 0 Å². The Morgan fingerprint density at radius 2 is 1.69 bits per heavy atom. The summed E-state index contributed by atoms with van der Waals surface area (Å²) >= 11 is 0.